The van der Waals surface area contributed by atoms with Gasteiger partial charge in [-0.3, -0.25) is 0 Å². The van der Waals surface area contributed by atoms with E-state index in [0.29, 0.717) is 5.56 Å². The van der Waals surface area contributed by atoms with Crippen LogP contribution in [0.15, 0.2) is 42.6 Å². The molecule has 218 valence electrons. The van der Waals surface area contributed by atoms with Gasteiger partial charge in [0.1, 0.15) is 53.5 Å². The summed E-state index contributed by atoms with van der Waals surface area (Å²) in [6, 6.07) is 5.97. The van der Waals surface area contributed by atoms with Crippen LogP contribution < -0.4 is 4.74 Å². The number of aliphatic hydroxyl groups is 3. The van der Waals surface area contributed by atoms with Gasteiger partial charge in [-0.25, -0.2) is 18.7 Å². The molecule has 4 aromatic rings. The first kappa shape index (κ1) is 29.2. The average molecular weight is 619 g/mol. The van der Waals surface area contributed by atoms with Crippen LogP contribution >= 0.6 is 23.2 Å². The van der Waals surface area contributed by atoms with Crippen molar-refractivity contribution in [2.45, 2.75) is 43.7 Å². The highest BCUT2D eigenvalue weighted by atomic mass is 35.5. The lowest BCUT2D eigenvalue weighted by Gasteiger charge is -2.41. The van der Waals surface area contributed by atoms with Gasteiger partial charge in [0.25, 0.3) is 0 Å². The van der Waals surface area contributed by atoms with Gasteiger partial charge >= 0.3 is 6.36 Å². The van der Waals surface area contributed by atoms with Gasteiger partial charge in [0, 0.05) is 10.6 Å². The van der Waals surface area contributed by atoms with Crippen LogP contribution in [0.25, 0.3) is 16.9 Å². The van der Waals surface area contributed by atoms with Gasteiger partial charge in [0.05, 0.1) is 17.8 Å². The smallest absolute Gasteiger partial charge is 0.403 e. The summed E-state index contributed by atoms with van der Waals surface area (Å²) in [6.07, 6.45) is -9.66. The minimum absolute atomic E-state index is 0.0500. The van der Waals surface area contributed by atoms with Crippen LogP contribution in [0.1, 0.15) is 23.8 Å². The van der Waals surface area contributed by atoms with Crippen LogP contribution in [0.5, 0.6) is 5.75 Å². The number of ether oxygens (including phenoxy) is 2. The highest BCUT2D eigenvalue weighted by Gasteiger charge is 2.48. The molecule has 11 nitrogen and oxygen atoms in total. The minimum Gasteiger partial charge on any atom is -0.403 e. The topological polar surface area (TPSA) is 141 Å². The van der Waals surface area contributed by atoms with Crippen LogP contribution in [0.3, 0.4) is 0 Å². The second-order valence-electron chi connectivity index (χ2n) is 9.05. The largest absolute Gasteiger partial charge is 0.573 e. The Kier molecular flexibility index (Phi) is 7.93. The molecule has 41 heavy (non-hydrogen) atoms. The van der Waals surface area contributed by atoms with E-state index in [2.05, 4.69) is 25.1 Å². The number of benzene rings is 2. The molecule has 5 rings (SSSR count). The monoisotopic (exact) mass is 618 g/mol. The normalized spacial score (nSPS) is 23.1. The second kappa shape index (κ2) is 11.2. The highest BCUT2D eigenvalue weighted by molar-refractivity contribution is 6.31. The number of rotatable bonds is 6. The highest BCUT2D eigenvalue weighted by Crippen LogP contribution is 2.40. The van der Waals surface area contributed by atoms with E-state index >= 15 is 0 Å². The summed E-state index contributed by atoms with van der Waals surface area (Å²) < 4.78 is 65.4. The fourth-order valence-corrected chi connectivity index (χ4v) is 4.78. The van der Waals surface area contributed by atoms with Crippen molar-refractivity contribution in [2.75, 3.05) is 6.61 Å². The van der Waals surface area contributed by atoms with Crippen molar-refractivity contribution >= 4 is 23.2 Å². The van der Waals surface area contributed by atoms with Crippen molar-refractivity contribution < 1.29 is 42.4 Å². The molecule has 0 radical (unpaired) electrons. The van der Waals surface area contributed by atoms with Gasteiger partial charge < -0.3 is 24.8 Å². The van der Waals surface area contributed by atoms with Crippen LogP contribution in [-0.2, 0) is 4.74 Å². The Bertz CT molecular complexity index is 1570. The Morgan fingerprint density at radius 3 is 2.54 bits per heavy atom. The predicted octanol–water partition coefficient (Wildman–Crippen LogP) is 3.57. The molecule has 5 atom stereocenters. The van der Waals surface area contributed by atoms with Crippen LogP contribution in [0.2, 0.25) is 10.0 Å². The summed E-state index contributed by atoms with van der Waals surface area (Å²) in [7, 11) is 0. The Labute approximate surface area is 238 Å². The summed E-state index contributed by atoms with van der Waals surface area (Å²) in [4.78, 5) is 4.25. The predicted molar refractivity (Wildman–Crippen MR) is 134 cm³/mol. The summed E-state index contributed by atoms with van der Waals surface area (Å²) in [6.45, 7) is 0.742. The van der Waals surface area contributed by atoms with Gasteiger partial charge in [0.2, 0.25) is 0 Å². The molecule has 1 aliphatic rings. The number of aromatic nitrogens is 6. The van der Waals surface area contributed by atoms with E-state index in [9.17, 15) is 32.9 Å². The van der Waals surface area contributed by atoms with E-state index < -0.39 is 55.0 Å². The van der Waals surface area contributed by atoms with Crippen molar-refractivity contribution in [3.8, 4) is 22.7 Å². The summed E-state index contributed by atoms with van der Waals surface area (Å²) in [5.74, 6) is -1.45. The fraction of sp³-hybridized carbons (Fsp3) is 0.333. The number of aliphatic hydroxyl groups excluding tert-OH is 3. The van der Waals surface area contributed by atoms with Crippen molar-refractivity contribution in [1.82, 2.24) is 29.8 Å². The molecule has 0 unspecified atom stereocenters. The maximum atomic E-state index is 14.0. The Morgan fingerprint density at radius 2 is 1.85 bits per heavy atom. The first-order valence-electron chi connectivity index (χ1n) is 11.8. The molecule has 0 bridgehead atoms. The molecular formula is C24H20Cl2F4N6O5. The number of halogens is 6. The second-order valence-corrected chi connectivity index (χ2v) is 9.89. The standard InChI is InChI=1S/C24H20Cl2F4N6O5/c1-10-31-23(36(33-10)16-7-12(25)3-5-17(16)41-24(28,29)30)22-21(39)19(20(38)18(9-37)40-22)35-8-15(32-34-35)11-2-4-13(26)14(27)6-11/h2-8,18-22,37-39H,9H2,1H3/t18-,19+,20+,21-,22-/m1/s1. The van der Waals surface area contributed by atoms with Gasteiger partial charge in [0.15, 0.2) is 11.6 Å². The van der Waals surface area contributed by atoms with Gasteiger partial charge in [-0.2, -0.15) is 5.10 Å². The van der Waals surface area contributed by atoms with E-state index in [1.807, 2.05) is 0 Å². The molecule has 17 heteroatoms. The maximum absolute atomic E-state index is 14.0. The van der Waals surface area contributed by atoms with Crippen LogP contribution in [0.4, 0.5) is 17.6 Å². The van der Waals surface area contributed by atoms with E-state index in [1.165, 1.54) is 31.3 Å². The van der Waals surface area contributed by atoms with Gasteiger partial charge in [-0.05, 0) is 37.3 Å². The van der Waals surface area contributed by atoms with Crippen molar-refractivity contribution in [3.05, 3.63) is 70.1 Å². The fourth-order valence-electron chi connectivity index (χ4n) is 4.50. The molecule has 1 fully saturated rings. The van der Waals surface area contributed by atoms with E-state index in [0.717, 1.165) is 27.6 Å². The molecule has 0 spiro atoms. The number of nitrogens with zero attached hydrogens (tertiary/aromatic N) is 6. The first-order chi connectivity index (χ1) is 19.4. The van der Waals surface area contributed by atoms with Crippen molar-refractivity contribution in [2.24, 2.45) is 0 Å². The van der Waals surface area contributed by atoms with Crippen LogP contribution in [0, 0.1) is 12.7 Å². The molecular weight excluding hydrogens is 599 g/mol. The van der Waals surface area contributed by atoms with E-state index in [-0.39, 0.29) is 33.1 Å². The van der Waals surface area contributed by atoms with Crippen molar-refractivity contribution in [1.29, 1.82) is 0 Å². The Morgan fingerprint density at radius 1 is 1.10 bits per heavy atom. The Hall–Kier alpha value is -3.34. The summed E-state index contributed by atoms with van der Waals surface area (Å²) >= 11 is 11.8. The third kappa shape index (κ3) is 5.86. The third-order valence-electron chi connectivity index (χ3n) is 6.29. The molecule has 1 aliphatic heterocycles. The number of aryl methyl sites for hydroxylation is 1. The first-order valence-corrected chi connectivity index (χ1v) is 12.6. The molecule has 2 aromatic carbocycles. The molecule has 1 saturated heterocycles. The zero-order valence-corrected chi connectivity index (χ0v) is 22.3. The number of hydrogen-bond donors (Lipinski definition) is 3. The lowest BCUT2D eigenvalue weighted by molar-refractivity contribution is -0.274. The minimum atomic E-state index is -5.05. The van der Waals surface area contributed by atoms with Crippen molar-refractivity contribution in [3.63, 3.8) is 0 Å². The lowest BCUT2D eigenvalue weighted by Crippen LogP contribution is -2.53. The van der Waals surface area contributed by atoms with E-state index in [4.69, 9.17) is 27.9 Å². The number of hydrogen-bond acceptors (Lipinski definition) is 9. The zero-order chi connectivity index (χ0) is 29.6. The van der Waals surface area contributed by atoms with Gasteiger partial charge in [-0.1, -0.05) is 34.5 Å². The molecule has 3 heterocycles. The van der Waals surface area contributed by atoms with Crippen LogP contribution in [-0.4, -0.2) is 76.4 Å². The summed E-state index contributed by atoms with van der Waals surface area (Å²) in [5, 5.41) is 44.4. The lowest BCUT2D eigenvalue weighted by atomic mass is 9.92. The molecule has 0 saturated carbocycles. The molecule has 0 aliphatic carbocycles. The SMILES string of the molecule is Cc1nc([C@@H]2O[C@H](CO)[C@H](O)[C@H](n3cc(-c4ccc(Cl)c(F)c4)nn3)[C@H]2O)n(-c2cc(Cl)ccc2OC(F)(F)F)n1. The number of alkyl halides is 3. The molecule has 2 aromatic heterocycles. The molecule has 0 amide bonds. The zero-order valence-electron chi connectivity index (χ0n) is 20.7. The van der Waals surface area contributed by atoms with E-state index in [1.54, 1.807) is 0 Å². The third-order valence-corrected chi connectivity index (χ3v) is 6.83. The quantitative estimate of drug-likeness (QED) is 0.277. The maximum Gasteiger partial charge on any atom is 0.573 e. The molecule has 3 N–H and O–H groups in total. The summed E-state index contributed by atoms with van der Waals surface area (Å²) in [5.41, 5.74) is 0.214. The Balaban J connectivity index is 1.56. The van der Waals surface area contributed by atoms with Gasteiger partial charge in [-0.15, -0.1) is 18.3 Å². The average Bonchev–Trinajstić information content (AvgIpc) is 3.53.